The van der Waals surface area contributed by atoms with Crippen molar-refractivity contribution in [3.8, 4) is 0 Å². The zero-order valence-corrected chi connectivity index (χ0v) is 16.6. The molecule has 0 saturated carbocycles. The summed E-state index contributed by atoms with van der Waals surface area (Å²) in [6.45, 7) is 7.79. The Morgan fingerprint density at radius 3 is 2.56 bits per heavy atom. The van der Waals surface area contributed by atoms with Gasteiger partial charge in [-0.25, -0.2) is 0 Å². The lowest BCUT2D eigenvalue weighted by atomic mass is 10.0. The number of amides is 2. The molecule has 2 aromatic rings. The Bertz CT molecular complexity index is 741. The summed E-state index contributed by atoms with van der Waals surface area (Å²) in [6, 6.07) is 7.13. The Morgan fingerprint density at radius 2 is 1.96 bits per heavy atom. The van der Waals surface area contributed by atoms with E-state index < -0.39 is 6.04 Å². The van der Waals surface area contributed by atoms with Crippen LogP contribution in [-0.2, 0) is 11.3 Å². The van der Waals surface area contributed by atoms with Gasteiger partial charge in [0.1, 0.15) is 6.04 Å². The molecule has 0 spiro atoms. The van der Waals surface area contributed by atoms with Crippen molar-refractivity contribution in [2.45, 2.75) is 26.4 Å². The monoisotopic (exact) mass is 386 g/mol. The van der Waals surface area contributed by atoms with E-state index in [9.17, 15) is 9.59 Å². The summed E-state index contributed by atoms with van der Waals surface area (Å²) in [4.78, 5) is 34.4. The van der Waals surface area contributed by atoms with E-state index in [4.69, 9.17) is 0 Å². The number of aromatic nitrogens is 1. The fourth-order valence-corrected chi connectivity index (χ4v) is 3.83. The van der Waals surface area contributed by atoms with Gasteiger partial charge in [0, 0.05) is 45.1 Å². The van der Waals surface area contributed by atoms with E-state index in [1.807, 2.05) is 42.5 Å². The number of hydrogen-bond donors (Lipinski definition) is 1. The van der Waals surface area contributed by atoms with Gasteiger partial charge < -0.3 is 10.2 Å². The maximum Gasteiger partial charge on any atom is 0.262 e. The third-order valence-electron chi connectivity index (χ3n) is 4.78. The summed E-state index contributed by atoms with van der Waals surface area (Å²) in [5.74, 6) is -0.127. The van der Waals surface area contributed by atoms with Gasteiger partial charge >= 0.3 is 0 Å². The minimum absolute atomic E-state index is 0.0101. The molecule has 1 atom stereocenters. The molecule has 27 heavy (non-hydrogen) atoms. The first-order valence-corrected chi connectivity index (χ1v) is 10.2. The van der Waals surface area contributed by atoms with E-state index >= 15 is 0 Å². The summed E-state index contributed by atoms with van der Waals surface area (Å²) < 4.78 is 0. The molecule has 2 aromatic heterocycles. The number of carbonyl (C=O) groups is 2. The van der Waals surface area contributed by atoms with Crippen molar-refractivity contribution in [1.29, 1.82) is 0 Å². The largest absolute Gasteiger partial charge is 0.339 e. The van der Waals surface area contributed by atoms with Crippen molar-refractivity contribution in [3.05, 3.63) is 52.5 Å². The topological polar surface area (TPSA) is 65.5 Å². The Labute approximate surface area is 164 Å². The predicted molar refractivity (Wildman–Crippen MR) is 107 cm³/mol. The number of thiophene rings is 1. The van der Waals surface area contributed by atoms with E-state index in [2.05, 4.69) is 21.3 Å². The second-order valence-electron chi connectivity index (χ2n) is 7.14. The summed E-state index contributed by atoms with van der Waals surface area (Å²) in [6.07, 6.45) is 3.66. The summed E-state index contributed by atoms with van der Waals surface area (Å²) in [5, 5.41) is 4.79. The molecule has 0 radical (unpaired) electrons. The second kappa shape index (κ2) is 9.10. The SMILES string of the molecule is CC(C)C(NC(=O)c1cccs1)C(=O)N1CCN(Cc2cccnc2)CC1. The van der Waals surface area contributed by atoms with Crippen LogP contribution in [0, 0.1) is 5.92 Å². The molecule has 3 heterocycles. The number of carbonyl (C=O) groups excluding carboxylic acids is 2. The van der Waals surface area contributed by atoms with Crippen molar-refractivity contribution >= 4 is 23.2 Å². The molecule has 3 rings (SSSR count). The van der Waals surface area contributed by atoms with Gasteiger partial charge in [0.15, 0.2) is 0 Å². The number of nitrogens with zero attached hydrogens (tertiary/aromatic N) is 3. The van der Waals surface area contributed by atoms with Gasteiger partial charge in [-0.15, -0.1) is 11.3 Å². The van der Waals surface area contributed by atoms with Crippen LogP contribution < -0.4 is 5.32 Å². The van der Waals surface area contributed by atoms with Crippen LogP contribution in [0.15, 0.2) is 42.0 Å². The molecule has 144 valence electrons. The quantitative estimate of drug-likeness (QED) is 0.827. The Balaban J connectivity index is 1.55. The van der Waals surface area contributed by atoms with E-state index in [0.29, 0.717) is 18.0 Å². The molecule has 1 aliphatic heterocycles. The van der Waals surface area contributed by atoms with Crippen molar-refractivity contribution in [3.63, 3.8) is 0 Å². The molecule has 1 aliphatic rings. The molecular formula is C20H26N4O2S. The first kappa shape index (κ1) is 19.5. The first-order valence-electron chi connectivity index (χ1n) is 9.29. The third kappa shape index (κ3) is 5.14. The van der Waals surface area contributed by atoms with Crippen LogP contribution in [0.25, 0.3) is 0 Å². The molecule has 0 bridgehead atoms. The number of rotatable bonds is 6. The average Bonchev–Trinajstić information content (AvgIpc) is 3.21. The lowest BCUT2D eigenvalue weighted by molar-refractivity contribution is -0.136. The van der Waals surface area contributed by atoms with Gasteiger partial charge in [0.25, 0.3) is 5.91 Å². The van der Waals surface area contributed by atoms with Gasteiger partial charge in [-0.05, 0) is 29.0 Å². The van der Waals surface area contributed by atoms with Gasteiger partial charge in [-0.3, -0.25) is 19.5 Å². The zero-order chi connectivity index (χ0) is 19.2. The van der Waals surface area contributed by atoms with Gasteiger partial charge in [0.2, 0.25) is 5.91 Å². The summed E-state index contributed by atoms with van der Waals surface area (Å²) >= 11 is 1.38. The normalized spacial score (nSPS) is 16.3. The molecule has 1 saturated heterocycles. The minimum Gasteiger partial charge on any atom is -0.339 e. The maximum absolute atomic E-state index is 13.0. The molecule has 2 amide bonds. The van der Waals surface area contributed by atoms with Crippen LogP contribution in [-0.4, -0.2) is 58.8 Å². The van der Waals surface area contributed by atoms with Crippen LogP contribution in [0.3, 0.4) is 0 Å². The van der Waals surface area contributed by atoms with Crippen molar-refractivity contribution in [1.82, 2.24) is 20.1 Å². The number of hydrogen-bond acceptors (Lipinski definition) is 5. The Hall–Kier alpha value is -2.25. The standard InChI is InChI=1S/C20H26N4O2S/c1-15(2)18(22-19(25)17-6-4-12-27-17)20(26)24-10-8-23(9-11-24)14-16-5-3-7-21-13-16/h3-7,12-13,15,18H,8-11,14H2,1-2H3,(H,22,25). The maximum atomic E-state index is 13.0. The summed E-state index contributed by atoms with van der Waals surface area (Å²) in [7, 11) is 0. The van der Waals surface area contributed by atoms with Gasteiger partial charge in [0.05, 0.1) is 4.88 Å². The fourth-order valence-electron chi connectivity index (χ4n) is 3.21. The van der Waals surface area contributed by atoms with Crippen molar-refractivity contribution in [2.75, 3.05) is 26.2 Å². The number of pyridine rings is 1. The highest BCUT2D eigenvalue weighted by molar-refractivity contribution is 7.12. The summed E-state index contributed by atoms with van der Waals surface area (Å²) in [5.41, 5.74) is 1.18. The van der Waals surface area contributed by atoms with Gasteiger partial charge in [-0.2, -0.15) is 0 Å². The second-order valence-corrected chi connectivity index (χ2v) is 8.08. The molecule has 6 nitrogen and oxygen atoms in total. The number of nitrogens with one attached hydrogen (secondary N) is 1. The fraction of sp³-hybridized carbons (Fsp3) is 0.450. The molecular weight excluding hydrogens is 360 g/mol. The minimum atomic E-state index is -0.496. The number of piperazine rings is 1. The van der Waals surface area contributed by atoms with E-state index in [0.717, 1.165) is 19.6 Å². The van der Waals surface area contributed by atoms with Crippen molar-refractivity contribution < 1.29 is 9.59 Å². The molecule has 1 N–H and O–H groups in total. The van der Waals surface area contributed by atoms with E-state index in [1.165, 1.54) is 16.9 Å². The smallest absolute Gasteiger partial charge is 0.262 e. The van der Waals surface area contributed by atoms with Crippen LogP contribution in [0.2, 0.25) is 0 Å². The van der Waals surface area contributed by atoms with Crippen LogP contribution in [0.1, 0.15) is 29.1 Å². The Morgan fingerprint density at radius 1 is 1.19 bits per heavy atom. The highest BCUT2D eigenvalue weighted by Gasteiger charge is 2.31. The van der Waals surface area contributed by atoms with Crippen LogP contribution in [0.4, 0.5) is 0 Å². The first-order chi connectivity index (χ1) is 13.0. The van der Waals surface area contributed by atoms with E-state index in [1.54, 1.807) is 12.3 Å². The van der Waals surface area contributed by atoms with Crippen LogP contribution in [0.5, 0.6) is 0 Å². The predicted octanol–water partition coefficient (Wildman–Crippen LogP) is 2.24. The average molecular weight is 387 g/mol. The molecule has 1 unspecified atom stereocenters. The molecule has 7 heteroatoms. The lowest BCUT2D eigenvalue weighted by Gasteiger charge is -2.37. The Kier molecular flexibility index (Phi) is 6.58. The highest BCUT2D eigenvalue weighted by Crippen LogP contribution is 2.14. The van der Waals surface area contributed by atoms with Crippen LogP contribution >= 0.6 is 11.3 Å². The van der Waals surface area contributed by atoms with E-state index in [-0.39, 0.29) is 17.7 Å². The zero-order valence-electron chi connectivity index (χ0n) is 15.8. The molecule has 0 aliphatic carbocycles. The lowest BCUT2D eigenvalue weighted by Crippen LogP contribution is -2.56. The van der Waals surface area contributed by atoms with Crippen molar-refractivity contribution in [2.24, 2.45) is 5.92 Å². The molecule has 1 fully saturated rings. The molecule has 0 aromatic carbocycles. The third-order valence-corrected chi connectivity index (χ3v) is 5.65. The van der Waals surface area contributed by atoms with Gasteiger partial charge in [-0.1, -0.05) is 26.0 Å². The highest BCUT2D eigenvalue weighted by atomic mass is 32.1.